The van der Waals surface area contributed by atoms with Crippen molar-refractivity contribution in [1.82, 2.24) is 4.90 Å². The SMILES string of the molecule is COc1cc(N2CCN3[C@H](CCC[C@@H]3c3ccc(OC)c(OC)c3)C2)ccc1Cl. The zero-order valence-electron chi connectivity index (χ0n) is 17.4. The van der Waals surface area contributed by atoms with E-state index in [1.54, 1.807) is 21.3 Å². The minimum atomic E-state index is 0.426. The molecule has 2 fully saturated rings. The molecule has 2 heterocycles. The van der Waals surface area contributed by atoms with Crippen LogP contribution < -0.4 is 19.1 Å². The Balaban J connectivity index is 1.53. The lowest BCUT2D eigenvalue weighted by molar-refractivity contribution is 0.0715. The van der Waals surface area contributed by atoms with Gasteiger partial charge in [-0.3, -0.25) is 4.90 Å². The minimum Gasteiger partial charge on any atom is -0.495 e. The van der Waals surface area contributed by atoms with Crippen molar-refractivity contribution in [3.63, 3.8) is 0 Å². The minimum absolute atomic E-state index is 0.426. The van der Waals surface area contributed by atoms with E-state index in [0.29, 0.717) is 17.1 Å². The van der Waals surface area contributed by atoms with Crippen molar-refractivity contribution in [3.8, 4) is 17.2 Å². The van der Waals surface area contributed by atoms with E-state index in [0.717, 1.165) is 36.9 Å². The van der Waals surface area contributed by atoms with E-state index in [4.69, 9.17) is 25.8 Å². The van der Waals surface area contributed by atoms with Crippen LogP contribution in [0.5, 0.6) is 17.2 Å². The van der Waals surface area contributed by atoms with Crippen molar-refractivity contribution >= 4 is 17.3 Å². The third-order valence-corrected chi connectivity index (χ3v) is 6.55. The fourth-order valence-electron chi connectivity index (χ4n) is 4.75. The molecular weight excluding hydrogens is 388 g/mol. The smallest absolute Gasteiger partial charge is 0.161 e. The summed E-state index contributed by atoms with van der Waals surface area (Å²) in [6.07, 6.45) is 3.64. The number of halogens is 1. The lowest BCUT2D eigenvalue weighted by atomic mass is 9.89. The van der Waals surface area contributed by atoms with Gasteiger partial charge in [0.2, 0.25) is 0 Å². The summed E-state index contributed by atoms with van der Waals surface area (Å²) >= 11 is 6.21. The number of hydrogen-bond acceptors (Lipinski definition) is 5. The van der Waals surface area contributed by atoms with Gasteiger partial charge in [0.05, 0.1) is 26.4 Å². The number of rotatable bonds is 5. The van der Waals surface area contributed by atoms with Crippen LogP contribution in [0.4, 0.5) is 5.69 Å². The second-order valence-corrected chi connectivity index (χ2v) is 8.12. The van der Waals surface area contributed by atoms with Crippen LogP contribution in [0.1, 0.15) is 30.9 Å². The molecule has 0 amide bonds. The molecule has 0 N–H and O–H groups in total. The van der Waals surface area contributed by atoms with Gasteiger partial charge in [0.25, 0.3) is 0 Å². The predicted molar refractivity (Wildman–Crippen MR) is 117 cm³/mol. The highest BCUT2D eigenvalue weighted by molar-refractivity contribution is 6.32. The van der Waals surface area contributed by atoms with Crippen molar-refractivity contribution < 1.29 is 14.2 Å². The van der Waals surface area contributed by atoms with Gasteiger partial charge in [-0.1, -0.05) is 17.7 Å². The molecule has 4 rings (SSSR count). The van der Waals surface area contributed by atoms with Gasteiger partial charge in [-0.2, -0.15) is 0 Å². The van der Waals surface area contributed by atoms with Crippen LogP contribution in [-0.4, -0.2) is 51.9 Å². The second kappa shape index (κ2) is 8.72. The van der Waals surface area contributed by atoms with Crippen LogP contribution in [-0.2, 0) is 0 Å². The third-order valence-electron chi connectivity index (χ3n) is 6.24. The van der Waals surface area contributed by atoms with Crippen LogP contribution in [0.15, 0.2) is 36.4 Å². The Hall–Kier alpha value is -2.11. The van der Waals surface area contributed by atoms with Gasteiger partial charge in [0.15, 0.2) is 11.5 Å². The van der Waals surface area contributed by atoms with E-state index < -0.39 is 0 Å². The summed E-state index contributed by atoms with van der Waals surface area (Å²) in [6, 6.07) is 13.4. The maximum Gasteiger partial charge on any atom is 0.161 e. The largest absolute Gasteiger partial charge is 0.495 e. The molecule has 2 aromatic rings. The first-order chi connectivity index (χ1) is 14.1. The first kappa shape index (κ1) is 20.2. The first-order valence-corrected chi connectivity index (χ1v) is 10.6. The second-order valence-electron chi connectivity index (χ2n) is 7.72. The maximum atomic E-state index is 6.21. The quantitative estimate of drug-likeness (QED) is 0.700. The average molecular weight is 417 g/mol. The summed E-state index contributed by atoms with van der Waals surface area (Å²) in [5.74, 6) is 2.32. The molecule has 0 saturated carbocycles. The van der Waals surface area contributed by atoms with Crippen molar-refractivity contribution in [2.24, 2.45) is 0 Å². The first-order valence-electron chi connectivity index (χ1n) is 10.2. The van der Waals surface area contributed by atoms with Gasteiger partial charge >= 0.3 is 0 Å². The number of ether oxygens (including phenoxy) is 3. The number of piperazine rings is 1. The molecule has 29 heavy (non-hydrogen) atoms. The number of anilines is 1. The molecule has 2 saturated heterocycles. The molecule has 0 radical (unpaired) electrons. The van der Waals surface area contributed by atoms with Gasteiger partial charge in [-0.15, -0.1) is 0 Å². The van der Waals surface area contributed by atoms with Crippen molar-refractivity contribution in [2.75, 3.05) is 45.9 Å². The fourth-order valence-corrected chi connectivity index (χ4v) is 4.94. The Morgan fingerprint density at radius 1 is 0.862 bits per heavy atom. The molecule has 0 unspecified atom stereocenters. The molecule has 2 atom stereocenters. The van der Waals surface area contributed by atoms with Gasteiger partial charge in [0, 0.05) is 43.5 Å². The summed E-state index contributed by atoms with van der Waals surface area (Å²) in [7, 11) is 5.04. The highest BCUT2D eigenvalue weighted by Gasteiger charge is 2.36. The predicted octanol–water partition coefficient (Wildman–Crippen LogP) is 4.78. The van der Waals surface area contributed by atoms with Crippen LogP contribution in [0.25, 0.3) is 0 Å². The molecular formula is C23H29ClN2O3. The van der Waals surface area contributed by atoms with E-state index in [1.807, 2.05) is 18.2 Å². The molecule has 0 bridgehead atoms. The van der Waals surface area contributed by atoms with Gasteiger partial charge < -0.3 is 19.1 Å². The van der Waals surface area contributed by atoms with Gasteiger partial charge in [0.1, 0.15) is 5.75 Å². The zero-order valence-corrected chi connectivity index (χ0v) is 18.1. The highest BCUT2D eigenvalue weighted by Crippen LogP contribution is 2.40. The molecule has 0 aromatic heterocycles. The summed E-state index contributed by atoms with van der Waals surface area (Å²) in [5.41, 5.74) is 2.49. The Morgan fingerprint density at radius 3 is 2.41 bits per heavy atom. The Morgan fingerprint density at radius 2 is 1.66 bits per heavy atom. The van der Waals surface area contributed by atoms with E-state index >= 15 is 0 Å². The molecule has 5 nitrogen and oxygen atoms in total. The lowest BCUT2D eigenvalue weighted by Crippen LogP contribution is -2.55. The molecule has 6 heteroatoms. The highest BCUT2D eigenvalue weighted by atomic mass is 35.5. The lowest BCUT2D eigenvalue weighted by Gasteiger charge is -2.49. The number of fused-ring (bicyclic) bond motifs is 1. The normalized spacial score (nSPS) is 22.1. The molecule has 2 aromatic carbocycles. The number of nitrogens with zero attached hydrogens (tertiary/aromatic N) is 2. The van der Waals surface area contributed by atoms with E-state index in [-0.39, 0.29) is 0 Å². The monoisotopic (exact) mass is 416 g/mol. The molecule has 2 aliphatic rings. The maximum absolute atomic E-state index is 6.21. The topological polar surface area (TPSA) is 34.2 Å². The number of hydrogen-bond donors (Lipinski definition) is 0. The van der Waals surface area contributed by atoms with E-state index in [2.05, 4.69) is 28.0 Å². The summed E-state index contributed by atoms with van der Waals surface area (Å²) in [4.78, 5) is 5.13. The standard InChI is InChI=1S/C23H29ClN2O3/c1-27-21-10-7-16(13-23(21)29-3)20-6-4-5-18-15-25(11-12-26(18)20)17-8-9-19(24)22(14-17)28-2/h7-10,13-14,18,20H,4-6,11-12,15H2,1-3H3/t18-,20-/m1/s1. The van der Waals surface area contributed by atoms with Crippen LogP contribution in [0, 0.1) is 0 Å². The fraction of sp³-hybridized carbons (Fsp3) is 0.478. The van der Waals surface area contributed by atoms with E-state index in [9.17, 15) is 0 Å². The Bertz CT molecular complexity index is 860. The summed E-state index contributed by atoms with van der Waals surface area (Å²) < 4.78 is 16.4. The number of methoxy groups -OCH3 is 3. The number of piperidine rings is 1. The van der Waals surface area contributed by atoms with Crippen molar-refractivity contribution in [3.05, 3.63) is 47.0 Å². The Labute approximate surface area is 178 Å². The molecule has 0 aliphatic carbocycles. The Kier molecular flexibility index (Phi) is 6.07. The van der Waals surface area contributed by atoms with Gasteiger partial charge in [-0.25, -0.2) is 0 Å². The third kappa shape index (κ3) is 3.99. The van der Waals surface area contributed by atoms with Crippen molar-refractivity contribution in [2.45, 2.75) is 31.3 Å². The number of benzene rings is 2. The molecule has 156 valence electrons. The molecule has 0 spiro atoms. The molecule has 2 aliphatic heterocycles. The summed E-state index contributed by atoms with van der Waals surface area (Å²) in [5, 5.41) is 0.654. The van der Waals surface area contributed by atoms with Gasteiger partial charge in [-0.05, 0) is 49.1 Å². The zero-order chi connectivity index (χ0) is 20.4. The van der Waals surface area contributed by atoms with E-state index in [1.165, 1.54) is 30.5 Å². The van der Waals surface area contributed by atoms with Crippen LogP contribution in [0.3, 0.4) is 0 Å². The summed E-state index contributed by atoms with van der Waals surface area (Å²) in [6.45, 7) is 3.05. The van der Waals surface area contributed by atoms with Crippen LogP contribution in [0.2, 0.25) is 5.02 Å². The van der Waals surface area contributed by atoms with Crippen LogP contribution >= 0.6 is 11.6 Å². The average Bonchev–Trinajstić information content (AvgIpc) is 2.78. The van der Waals surface area contributed by atoms with Crippen molar-refractivity contribution in [1.29, 1.82) is 0 Å².